The van der Waals surface area contributed by atoms with Crippen LogP contribution in [0.4, 0.5) is 14.5 Å². The number of rotatable bonds is 5. The van der Waals surface area contributed by atoms with E-state index in [9.17, 15) is 8.78 Å². The van der Waals surface area contributed by atoms with Crippen molar-refractivity contribution in [2.75, 3.05) is 12.4 Å². The molecule has 0 aromatic heterocycles. The summed E-state index contributed by atoms with van der Waals surface area (Å²) in [7, 11) is 1.86. The molecule has 2 rings (SSSR count). The maximum Gasteiger partial charge on any atom is 0.127 e. The smallest absolute Gasteiger partial charge is 0.127 e. The summed E-state index contributed by atoms with van der Waals surface area (Å²) in [4.78, 5) is 0. The van der Waals surface area contributed by atoms with Crippen molar-refractivity contribution in [2.45, 2.75) is 13.1 Å². The lowest BCUT2D eigenvalue weighted by Gasteiger charge is -2.08. The fourth-order valence-electron chi connectivity index (χ4n) is 1.86. The van der Waals surface area contributed by atoms with Crippen molar-refractivity contribution in [3.63, 3.8) is 0 Å². The molecule has 19 heavy (non-hydrogen) atoms. The van der Waals surface area contributed by atoms with Gasteiger partial charge in [0.05, 0.1) is 0 Å². The Morgan fingerprint density at radius 1 is 1.00 bits per heavy atom. The van der Waals surface area contributed by atoms with Crippen LogP contribution in [0.15, 0.2) is 42.5 Å². The minimum atomic E-state index is -0.421. The molecule has 100 valence electrons. The summed E-state index contributed by atoms with van der Waals surface area (Å²) in [5.41, 5.74) is 2.45. The zero-order valence-electron chi connectivity index (χ0n) is 10.7. The van der Waals surface area contributed by atoms with Gasteiger partial charge in [0.15, 0.2) is 0 Å². The molecule has 2 aromatic carbocycles. The molecule has 2 nitrogen and oxygen atoms in total. The summed E-state index contributed by atoms with van der Waals surface area (Å²) >= 11 is 0. The zero-order chi connectivity index (χ0) is 13.7. The molecule has 0 saturated heterocycles. The van der Waals surface area contributed by atoms with Crippen molar-refractivity contribution in [3.05, 3.63) is 65.2 Å². The fourth-order valence-corrected chi connectivity index (χ4v) is 1.86. The van der Waals surface area contributed by atoms with Crippen molar-refractivity contribution in [1.29, 1.82) is 0 Å². The van der Waals surface area contributed by atoms with Crippen molar-refractivity contribution >= 4 is 5.69 Å². The van der Waals surface area contributed by atoms with Crippen LogP contribution >= 0.6 is 0 Å². The monoisotopic (exact) mass is 262 g/mol. The Morgan fingerprint density at radius 2 is 1.84 bits per heavy atom. The summed E-state index contributed by atoms with van der Waals surface area (Å²) in [6, 6.07) is 11.4. The second-order valence-electron chi connectivity index (χ2n) is 4.29. The van der Waals surface area contributed by atoms with E-state index in [-0.39, 0.29) is 0 Å². The number of hydrogen-bond acceptors (Lipinski definition) is 2. The first-order valence-electron chi connectivity index (χ1n) is 6.10. The quantitative estimate of drug-likeness (QED) is 0.864. The summed E-state index contributed by atoms with van der Waals surface area (Å²) in [5, 5.41) is 6.16. The van der Waals surface area contributed by atoms with Gasteiger partial charge in [-0.25, -0.2) is 8.78 Å². The van der Waals surface area contributed by atoms with Gasteiger partial charge in [0.25, 0.3) is 0 Å². The molecule has 0 spiro atoms. The molecule has 0 aliphatic carbocycles. The van der Waals surface area contributed by atoms with Crippen LogP contribution in [0.25, 0.3) is 0 Å². The second-order valence-corrected chi connectivity index (χ2v) is 4.29. The molecule has 0 fully saturated rings. The molecule has 0 atom stereocenters. The molecule has 0 unspecified atom stereocenters. The molecule has 0 radical (unpaired) electrons. The van der Waals surface area contributed by atoms with Crippen molar-refractivity contribution in [2.24, 2.45) is 0 Å². The predicted octanol–water partition coefficient (Wildman–Crippen LogP) is 3.30. The Balaban J connectivity index is 1.94. The molecule has 2 N–H and O–H groups in total. The lowest BCUT2D eigenvalue weighted by Crippen LogP contribution is -2.14. The third-order valence-electron chi connectivity index (χ3n) is 2.87. The summed E-state index contributed by atoms with van der Waals surface area (Å²) in [6.45, 7) is 0.902. The Morgan fingerprint density at radius 3 is 2.63 bits per heavy atom. The van der Waals surface area contributed by atoms with Crippen LogP contribution in [-0.2, 0) is 13.1 Å². The zero-order valence-corrected chi connectivity index (χ0v) is 10.7. The number of anilines is 1. The molecular formula is C15H16F2N2. The molecule has 0 aliphatic rings. The molecule has 0 bridgehead atoms. The molecule has 2 aromatic rings. The van der Waals surface area contributed by atoms with E-state index in [1.54, 1.807) is 0 Å². The topological polar surface area (TPSA) is 24.1 Å². The third-order valence-corrected chi connectivity index (χ3v) is 2.87. The SMILES string of the molecule is CNc1cccc(CNCc2cc(F)ccc2F)c1. The molecular weight excluding hydrogens is 246 g/mol. The van der Waals surface area contributed by atoms with Gasteiger partial charge >= 0.3 is 0 Å². The lowest BCUT2D eigenvalue weighted by molar-refractivity contribution is 0.568. The Bertz CT molecular complexity index is 556. The first-order valence-corrected chi connectivity index (χ1v) is 6.10. The van der Waals surface area contributed by atoms with Crippen LogP contribution < -0.4 is 10.6 Å². The number of hydrogen-bond donors (Lipinski definition) is 2. The van der Waals surface area contributed by atoms with Gasteiger partial charge in [-0.05, 0) is 35.9 Å². The van der Waals surface area contributed by atoms with Gasteiger partial charge in [0, 0.05) is 31.4 Å². The largest absolute Gasteiger partial charge is 0.388 e. The molecule has 0 amide bonds. The first kappa shape index (κ1) is 13.5. The van der Waals surface area contributed by atoms with E-state index in [0.29, 0.717) is 18.7 Å². The number of nitrogens with one attached hydrogen (secondary N) is 2. The van der Waals surface area contributed by atoms with Gasteiger partial charge in [-0.3, -0.25) is 0 Å². The second kappa shape index (κ2) is 6.29. The van der Waals surface area contributed by atoms with E-state index >= 15 is 0 Å². The van der Waals surface area contributed by atoms with Crippen LogP contribution in [-0.4, -0.2) is 7.05 Å². The Hall–Kier alpha value is -1.94. The van der Waals surface area contributed by atoms with Gasteiger partial charge in [-0.1, -0.05) is 12.1 Å². The molecule has 0 heterocycles. The van der Waals surface area contributed by atoms with Crippen molar-refractivity contribution < 1.29 is 8.78 Å². The van der Waals surface area contributed by atoms with Crippen LogP contribution in [0.5, 0.6) is 0 Å². The minimum absolute atomic E-state index is 0.299. The Kier molecular flexibility index (Phi) is 4.47. The highest BCUT2D eigenvalue weighted by Crippen LogP contribution is 2.11. The fraction of sp³-hybridized carbons (Fsp3) is 0.200. The van der Waals surface area contributed by atoms with E-state index in [2.05, 4.69) is 10.6 Å². The van der Waals surface area contributed by atoms with E-state index in [0.717, 1.165) is 23.4 Å². The van der Waals surface area contributed by atoms with Crippen LogP contribution in [0.2, 0.25) is 0 Å². The van der Waals surface area contributed by atoms with Crippen LogP contribution in [0.3, 0.4) is 0 Å². The average molecular weight is 262 g/mol. The highest BCUT2D eigenvalue weighted by atomic mass is 19.1. The Labute approximate surface area is 111 Å². The van der Waals surface area contributed by atoms with Gasteiger partial charge in [-0.15, -0.1) is 0 Å². The maximum atomic E-state index is 13.4. The van der Waals surface area contributed by atoms with E-state index in [1.165, 1.54) is 6.07 Å². The number of halogens is 2. The lowest BCUT2D eigenvalue weighted by atomic mass is 10.1. The normalized spacial score (nSPS) is 10.5. The highest BCUT2D eigenvalue weighted by molar-refractivity contribution is 5.44. The van der Waals surface area contributed by atoms with E-state index < -0.39 is 11.6 Å². The van der Waals surface area contributed by atoms with Crippen molar-refractivity contribution in [1.82, 2.24) is 5.32 Å². The average Bonchev–Trinajstić information content (AvgIpc) is 2.43. The molecule has 0 saturated carbocycles. The van der Waals surface area contributed by atoms with Gasteiger partial charge in [0.1, 0.15) is 11.6 Å². The van der Waals surface area contributed by atoms with Crippen LogP contribution in [0, 0.1) is 11.6 Å². The van der Waals surface area contributed by atoms with E-state index in [1.807, 2.05) is 31.3 Å². The summed E-state index contributed by atoms with van der Waals surface area (Å²) in [6.07, 6.45) is 0. The van der Waals surface area contributed by atoms with E-state index in [4.69, 9.17) is 0 Å². The predicted molar refractivity (Wildman–Crippen MR) is 72.9 cm³/mol. The van der Waals surface area contributed by atoms with Crippen molar-refractivity contribution in [3.8, 4) is 0 Å². The maximum absolute atomic E-state index is 13.4. The van der Waals surface area contributed by atoms with Gasteiger partial charge in [0.2, 0.25) is 0 Å². The third kappa shape index (κ3) is 3.76. The molecule has 0 aliphatic heterocycles. The standard InChI is InChI=1S/C15H16F2N2/c1-18-14-4-2-3-11(7-14)9-19-10-12-8-13(16)5-6-15(12)17/h2-8,18-19H,9-10H2,1H3. The van der Waals surface area contributed by atoms with Crippen LogP contribution in [0.1, 0.15) is 11.1 Å². The van der Waals surface area contributed by atoms with Gasteiger partial charge in [-0.2, -0.15) is 0 Å². The highest BCUT2D eigenvalue weighted by Gasteiger charge is 2.03. The molecule has 4 heteroatoms. The number of benzene rings is 2. The minimum Gasteiger partial charge on any atom is -0.388 e. The van der Waals surface area contributed by atoms with Gasteiger partial charge < -0.3 is 10.6 Å². The summed E-state index contributed by atoms with van der Waals surface area (Å²) in [5.74, 6) is -0.812. The first-order chi connectivity index (χ1) is 9.19. The summed E-state index contributed by atoms with van der Waals surface area (Å²) < 4.78 is 26.4.